The lowest BCUT2D eigenvalue weighted by Gasteiger charge is -2.35. The quantitative estimate of drug-likeness (QED) is 0.358. The number of ether oxygens (including phenoxy) is 2. The molecule has 3 aromatic carbocycles. The zero-order chi connectivity index (χ0) is 28.6. The van der Waals surface area contributed by atoms with Crippen molar-refractivity contribution in [3.05, 3.63) is 106 Å². The van der Waals surface area contributed by atoms with Gasteiger partial charge in [0.15, 0.2) is 0 Å². The zero-order valence-corrected chi connectivity index (χ0v) is 22.5. The SMILES string of the molecule is COC(=O)C1=C(C(=O)OC)N(c2ccc3nn(-c4ccc(C)c(Cl)c4)nc3c2)C(N)=C(C#N)C1c1ccccc1. The highest BCUT2D eigenvalue weighted by atomic mass is 35.5. The van der Waals surface area contributed by atoms with Crippen LogP contribution in [0.3, 0.4) is 0 Å². The highest BCUT2D eigenvalue weighted by Gasteiger charge is 2.43. The van der Waals surface area contributed by atoms with E-state index in [1.54, 1.807) is 54.6 Å². The van der Waals surface area contributed by atoms with E-state index in [1.165, 1.54) is 23.9 Å². The Labute approximate surface area is 234 Å². The van der Waals surface area contributed by atoms with E-state index in [0.717, 1.165) is 5.56 Å². The van der Waals surface area contributed by atoms with E-state index in [2.05, 4.69) is 16.3 Å². The van der Waals surface area contributed by atoms with Gasteiger partial charge in [0.25, 0.3) is 0 Å². The minimum atomic E-state index is -0.958. The number of nitrogens with two attached hydrogens (primary N) is 1. The average Bonchev–Trinajstić information content (AvgIpc) is 3.41. The second-order valence-electron chi connectivity index (χ2n) is 8.93. The maximum atomic E-state index is 13.3. The number of anilines is 1. The first-order chi connectivity index (χ1) is 19.3. The molecule has 1 atom stereocenters. The number of fused-ring (bicyclic) bond motifs is 1. The van der Waals surface area contributed by atoms with Crippen LogP contribution in [0.25, 0.3) is 16.7 Å². The van der Waals surface area contributed by atoms with Crippen molar-refractivity contribution in [2.75, 3.05) is 19.1 Å². The maximum absolute atomic E-state index is 13.3. The number of esters is 2. The topological polar surface area (TPSA) is 136 Å². The van der Waals surface area contributed by atoms with Gasteiger partial charge in [0.1, 0.15) is 22.6 Å². The standard InChI is InChI=1S/C29H23ClN6O4/c1-16-9-10-19(13-21(16)30)36-33-22-12-11-18(14-23(22)34-36)35-26(29(38)40-3)25(28(37)39-2)24(20(15-31)27(35)32)17-7-5-4-6-8-17/h4-14,24H,32H2,1-3H3. The third kappa shape index (κ3) is 4.42. The lowest BCUT2D eigenvalue weighted by Crippen LogP contribution is -2.40. The molecule has 1 aliphatic rings. The van der Waals surface area contributed by atoms with E-state index in [0.29, 0.717) is 33.0 Å². The molecule has 1 aromatic heterocycles. The Hall–Kier alpha value is -5.14. The molecular weight excluding hydrogens is 532 g/mol. The second-order valence-corrected chi connectivity index (χ2v) is 9.34. The summed E-state index contributed by atoms with van der Waals surface area (Å²) in [5.74, 6) is -2.64. The van der Waals surface area contributed by atoms with Crippen molar-refractivity contribution >= 4 is 40.3 Å². The number of aryl methyl sites for hydroxylation is 1. The van der Waals surface area contributed by atoms with Crippen molar-refractivity contribution in [3.63, 3.8) is 0 Å². The van der Waals surface area contributed by atoms with Crippen molar-refractivity contribution in [2.45, 2.75) is 12.8 Å². The molecule has 2 N–H and O–H groups in total. The van der Waals surface area contributed by atoms with Crippen molar-refractivity contribution in [3.8, 4) is 11.8 Å². The van der Waals surface area contributed by atoms with Crippen LogP contribution in [0, 0.1) is 18.3 Å². The number of rotatable bonds is 5. The van der Waals surface area contributed by atoms with Crippen LogP contribution >= 0.6 is 11.6 Å². The number of allylic oxidation sites excluding steroid dienone is 1. The van der Waals surface area contributed by atoms with Gasteiger partial charge in [-0.25, -0.2) is 9.59 Å². The molecule has 0 aliphatic carbocycles. The summed E-state index contributed by atoms with van der Waals surface area (Å²) in [6.07, 6.45) is 0. The Morgan fingerprint density at radius 2 is 1.62 bits per heavy atom. The highest BCUT2D eigenvalue weighted by Crippen LogP contribution is 2.43. The summed E-state index contributed by atoms with van der Waals surface area (Å²) in [6, 6.07) is 21.4. The Morgan fingerprint density at radius 3 is 2.27 bits per heavy atom. The zero-order valence-electron chi connectivity index (χ0n) is 21.8. The fourth-order valence-electron chi connectivity index (χ4n) is 4.65. The van der Waals surface area contributed by atoms with Gasteiger partial charge < -0.3 is 15.2 Å². The minimum absolute atomic E-state index is 0.0403. The number of aromatic nitrogens is 3. The van der Waals surface area contributed by atoms with Gasteiger partial charge in [0.2, 0.25) is 0 Å². The van der Waals surface area contributed by atoms with Crippen LogP contribution in [0.1, 0.15) is 17.0 Å². The highest BCUT2D eigenvalue weighted by molar-refractivity contribution is 6.31. The molecule has 0 spiro atoms. The van der Waals surface area contributed by atoms with Crippen molar-refractivity contribution in [2.24, 2.45) is 5.73 Å². The number of halogens is 1. The molecule has 0 saturated heterocycles. The fraction of sp³-hybridized carbons (Fsp3) is 0.138. The molecule has 40 heavy (non-hydrogen) atoms. The molecule has 0 fully saturated rings. The van der Waals surface area contributed by atoms with Gasteiger partial charge in [-0.2, -0.15) is 10.1 Å². The summed E-state index contributed by atoms with van der Waals surface area (Å²) in [5, 5.41) is 19.9. The van der Waals surface area contributed by atoms with Gasteiger partial charge in [-0.05, 0) is 48.4 Å². The van der Waals surface area contributed by atoms with Crippen LogP contribution in [0.4, 0.5) is 5.69 Å². The number of nitriles is 1. The maximum Gasteiger partial charge on any atom is 0.355 e. The largest absolute Gasteiger partial charge is 0.466 e. The molecule has 0 radical (unpaired) electrons. The second kappa shape index (κ2) is 10.6. The Bertz CT molecular complexity index is 1770. The summed E-state index contributed by atoms with van der Waals surface area (Å²) in [6.45, 7) is 1.90. The van der Waals surface area contributed by atoms with Crippen molar-refractivity contribution in [1.82, 2.24) is 15.0 Å². The number of nitrogens with zero attached hydrogens (tertiary/aromatic N) is 5. The number of hydrogen-bond donors (Lipinski definition) is 1. The molecule has 4 aromatic rings. The molecule has 0 saturated carbocycles. The van der Waals surface area contributed by atoms with Crippen LogP contribution in [-0.4, -0.2) is 41.2 Å². The van der Waals surface area contributed by atoms with E-state index >= 15 is 0 Å². The number of carbonyl (C=O) groups is 2. The first-order valence-electron chi connectivity index (χ1n) is 12.1. The summed E-state index contributed by atoms with van der Waals surface area (Å²) in [5.41, 5.74) is 9.95. The molecule has 0 amide bonds. The van der Waals surface area contributed by atoms with Crippen LogP contribution in [-0.2, 0) is 19.1 Å². The molecule has 5 rings (SSSR count). The summed E-state index contributed by atoms with van der Waals surface area (Å²) < 4.78 is 10.2. The first kappa shape index (κ1) is 26.5. The van der Waals surface area contributed by atoms with Crippen LogP contribution in [0.15, 0.2) is 89.4 Å². The molecule has 10 nitrogen and oxygen atoms in total. The Balaban J connectivity index is 1.73. The lowest BCUT2D eigenvalue weighted by atomic mass is 9.81. The monoisotopic (exact) mass is 554 g/mol. The number of benzene rings is 3. The number of carbonyl (C=O) groups excluding carboxylic acids is 2. The average molecular weight is 555 g/mol. The third-order valence-corrected chi connectivity index (χ3v) is 7.03. The summed E-state index contributed by atoms with van der Waals surface area (Å²) >= 11 is 6.29. The van der Waals surface area contributed by atoms with Crippen LogP contribution < -0.4 is 10.6 Å². The van der Waals surface area contributed by atoms with Gasteiger partial charge >= 0.3 is 11.9 Å². The van der Waals surface area contributed by atoms with E-state index in [-0.39, 0.29) is 22.7 Å². The fourth-order valence-corrected chi connectivity index (χ4v) is 4.82. The van der Waals surface area contributed by atoms with Gasteiger partial charge in [-0.1, -0.05) is 48.0 Å². The molecule has 1 aliphatic heterocycles. The molecule has 1 unspecified atom stereocenters. The third-order valence-electron chi connectivity index (χ3n) is 6.62. The number of hydrogen-bond acceptors (Lipinski definition) is 9. The molecule has 11 heteroatoms. The van der Waals surface area contributed by atoms with Crippen LogP contribution in [0.2, 0.25) is 5.02 Å². The van der Waals surface area contributed by atoms with E-state index in [9.17, 15) is 14.9 Å². The lowest BCUT2D eigenvalue weighted by molar-refractivity contribution is -0.139. The van der Waals surface area contributed by atoms with E-state index in [1.807, 2.05) is 19.1 Å². The van der Waals surface area contributed by atoms with Crippen molar-refractivity contribution in [1.29, 1.82) is 5.26 Å². The summed E-state index contributed by atoms with van der Waals surface area (Å²) in [4.78, 5) is 29.3. The molecule has 200 valence electrons. The first-order valence-corrected chi connectivity index (χ1v) is 12.5. The predicted octanol–water partition coefficient (Wildman–Crippen LogP) is 4.28. The molecule has 2 heterocycles. The Kier molecular flexibility index (Phi) is 6.98. The smallest absolute Gasteiger partial charge is 0.355 e. The van der Waals surface area contributed by atoms with Gasteiger partial charge in [0, 0.05) is 5.02 Å². The summed E-state index contributed by atoms with van der Waals surface area (Å²) in [7, 11) is 2.40. The van der Waals surface area contributed by atoms with Gasteiger partial charge in [-0.15, -0.1) is 10.2 Å². The van der Waals surface area contributed by atoms with Crippen LogP contribution in [0.5, 0.6) is 0 Å². The minimum Gasteiger partial charge on any atom is -0.466 e. The predicted molar refractivity (Wildman–Crippen MR) is 148 cm³/mol. The normalized spacial score (nSPS) is 15.3. The van der Waals surface area contributed by atoms with Gasteiger partial charge in [0.05, 0.1) is 48.7 Å². The van der Waals surface area contributed by atoms with Crippen molar-refractivity contribution < 1.29 is 19.1 Å². The molecule has 0 bridgehead atoms. The van der Waals surface area contributed by atoms with Gasteiger partial charge in [-0.3, -0.25) is 4.90 Å². The molecular formula is C29H23ClN6O4. The number of methoxy groups -OCH3 is 2. The van der Waals surface area contributed by atoms with E-state index < -0.39 is 17.9 Å². The Morgan fingerprint density at radius 1 is 0.950 bits per heavy atom. The van der Waals surface area contributed by atoms with E-state index in [4.69, 9.17) is 26.8 Å².